The molecule has 0 atom stereocenters. The number of nitrogens with one attached hydrogen (secondary N) is 3. The summed E-state index contributed by atoms with van der Waals surface area (Å²) in [7, 11) is 6.12. The lowest BCUT2D eigenvalue weighted by atomic mass is 10.1. The molecule has 2 amide bonds. The molecule has 0 aromatic heterocycles. The highest BCUT2D eigenvalue weighted by molar-refractivity contribution is 5.80. The van der Waals surface area contributed by atoms with E-state index in [2.05, 4.69) is 16.0 Å². The van der Waals surface area contributed by atoms with Crippen molar-refractivity contribution in [2.75, 3.05) is 41.5 Å². The highest BCUT2D eigenvalue weighted by Crippen LogP contribution is 2.38. The molecule has 23 heavy (non-hydrogen) atoms. The minimum atomic E-state index is -0.220. The maximum Gasteiger partial charge on any atom is 0.234 e. The highest BCUT2D eigenvalue weighted by Gasteiger charge is 2.13. The van der Waals surface area contributed by atoms with Gasteiger partial charge in [-0.2, -0.15) is 0 Å². The SMILES string of the molecule is CNC(=O)CNCC(=O)NCc1cc(OC)c(OC)c(OC)c1. The van der Waals surface area contributed by atoms with Gasteiger partial charge < -0.3 is 24.8 Å². The van der Waals surface area contributed by atoms with Gasteiger partial charge >= 0.3 is 0 Å². The first-order valence-electron chi connectivity index (χ1n) is 7.02. The molecule has 0 aliphatic carbocycles. The monoisotopic (exact) mass is 325 g/mol. The summed E-state index contributed by atoms with van der Waals surface area (Å²) in [6.45, 7) is 0.448. The molecule has 0 bridgehead atoms. The van der Waals surface area contributed by atoms with E-state index >= 15 is 0 Å². The zero-order chi connectivity index (χ0) is 17.2. The maximum absolute atomic E-state index is 11.7. The first-order valence-corrected chi connectivity index (χ1v) is 7.02. The van der Waals surface area contributed by atoms with Crippen LogP contribution in [0.3, 0.4) is 0 Å². The molecule has 0 aliphatic heterocycles. The molecular weight excluding hydrogens is 302 g/mol. The zero-order valence-corrected chi connectivity index (χ0v) is 13.8. The summed E-state index contributed by atoms with van der Waals surface area (Å²) in [4.78, 5) is 22.8. The fourth-order valence-corrected chi connectivity index (χ4v) is 1.88. The Balaban J connectivity index is 2.60. The Morgan fingerprint density at radius 2 is 1.52 bits per heavy atom. The van der Waals surface area contributed by atoms with Crippen molar-refractivity contribution in [1.82, 2.24) is 16.0 Å². The molecule has 0 aliphatic rings. The Labute approximate surface area is 135 Å². The highest BCUT2D eigenvalue weighted by atomic mass is 16.5. The fraction of sp³-hybridized carbons (Fsp3) is 0.467. The minimum Gasteiger partial charge on any atom is -0.493 e. The van der Waals surface area contributed by atoms with E-state index in [-0.39, 0.29) is 24.9 Å². The Hall–Kier alpha value is -2.48. The van der Waals surface area contributed by atoms with Gasteiger partial charge in [-0.3, -0.25) is 14.9 Å². The third-order valence-corrected chi connectivity index (χ3v) is 3.06. The molecule has 0 unspecified atom stereocenters. The first kappa shape index (κ1) is 18.6. The number of likely N-dealkylation sites (N-methyl/N-ethyl adjacent to an activating group) is 1. The Bertz CT molecular complexity index is 523. The number of benzene rings is 1. The predicted molar refractivity (Wildman–Crippen MR) is 84.9 cm³/mol. The molecule has 0 heterocycles. The number of hydrogen-bond acceptors (Lipinski definition) is 6. The van der Waals surface area contributed by atoms with E-state index in [1.54, 1.807) is 12.1 Å². The molecular formula is C15H23N3O5. The van der Waals surface area contributed by atoms with Gasteiger partial charge in [0.15, 0.2) is 11.5 Å². The zero-order valence-electron chi connectivity index (χ0n) is 13.8. The van der Waals surface area contributed by atoms with Gasteiger partial charge in [0.1, 0.15) is 0 Å². The average molecular weight is 325 g/mol. The lowest BCUT2D eigenvalue weighted by molar-refractivity contribution is -0.121. The van der Waals surface area contributed by atoms with E-state index in [4.69, 9.17) is 14.2 Å². The summed E-state index contributed by atoms with van der Waals surface area (Å²) in [5.74, 6) is 1.14. The van der Waals surface area contributed by atoms with Gasteiger partial charge in [0, 0.05) is 13.6 Å². The predicted octanol–water partition coefficient (Wildman–Crippen LogP) is -0.336. The van der Waals surface area contributed by atoms with E-state index in [0.717, 1.165) is 5.56 Å². The van der Waals surface area contributed by atoms with Crippen LogP contribution in [0.4, 0.5) is 0 Å². The molecule has 0 saturated carbocycles. The topological polar surface area (TPSA) is 97.9 Å². The summed E-state index contributed by atoms with van der Waals surface area (Å²) in [5.41, 5.74) is 0.805. The second kappa shape index (κ2) is 9.52. The Morgan fingerprint density at radius 1 is 0.957 bits per heavy atom. The van der Waals surface area contributed by atoms with Crippen molar-refractivity contribution in [3.05, 3.63) is 17.7 Å². The number of rotatable bonds is 9. The van der Waals surface area contributed by atoms with Crippen LogP contribution in [-0.2, 0) is 16.1 Å². The van der Waals surface area contributed by atoms with E-state index in [1.807, 2.05) is 0 Å². The van der Waals surface area contributed by atoms with Gasteiger partial charge in [-0.15, -0.1) is 0 Å². The van der Waals surface area contributed by atoms with Crippen molar-refractivity contribution >= 4 is 11.8 Å². The van der Waals surface area contributed by atoms with E-state index in [9.17, 15) is 9.59 Å². The molecule has 128 valence electrons. The van der Waals surface area contributed by atoms with Crippen LogP contribution < -0.4 is 30.2 Å². The van der Waals surface area contributed by atoms with E-state index in [0.29, 0.717) is 23.8 Å². The van der Waals surface area contributed by atoms with Crippen LogP contribution in [0.2, 0.25) is 0 Å². The van der Waals surface area contributed by atoms with E-state index in [1.165, 1.54) is 28.4 Å². The summed E-state index contributed by atoms with van der Waals surface area (Å²) >= 11 is 0. The third-order valence-electron chi connectivity index (χ3n) is 3.06. The number of carbonyl (C=O) groups excluding carboxylic acids is 2. The van der Waals surface area contributed by atoms with Crippen LogP contribution in [0.25, 0.3) is 0 Å². The fourth-order valence-electron chi connectivity index (χ4n) is 1.88. The van der Waals surface area contributed by atoms with Crippen LogP contribution in [0.1, 0.15) is 5.56 Å². The molecule has 0 spiro atoms. The summed E-state index contributed by atoms with van der Waals surface area (Å²) in [5, 5.41) is 7.95. The minimum absolute atomic E-state index is 0.0534. The first-order chi connectivity index (χ1) is 11.0. The number of amides is 2. The molecule has 1 aromatic carbocycles. The second-order valence-corrected chi connectivity index (χ2v) is 4.59. The van der Waals surface area contributed by atoms with Gasteiger partial charge in [0.2, 0.25) is 17.6 Å². The lowest BCUT2D eigenvalue weighted by Crippen LogP contribution is -2.38. The number of hydrogen-bond donors (Lipinski definition) is 3. The Kier molecular flexibility index (Phi) is 7.69. The van der Waals surface area contributed by atoms with Gasteiger partial charge in [-0.1, -0.05) is 0 Å². The van der Waals surface area contributed by atoms with Gasteiger partial charge in [0.05, 0.1) is 34.4 Å². The molecule has 8 heteroatoms. The lowest BCUT2D eigenvalue weighted by Gasteiger charge is -2.14. The molecule has 3 N–H and O–H groups in total. The van der Waals surface area contributed by atoms with Crippen molar-refractivity contribution in [1.29, 1.82) is 0 Å². The van der Waals surface area contributed by atoms with Crippen molar-refractivity contribution < 1.29 is 23.8 Å². The normalized spacial score (nSPS) is 9.91. The van der Waals surface area contributed by atoms with Crippen LogP contribution in [0.5, 0.6) is 17.2 Å². The van der Waals surface area contributed by atoms with Crippen molar-refractivity contribution in [2.45, 2.75) is 6.54 Å². The smallest absolute Gasteiger partial charge is 0.234 e. The summed E-state index contributed by atoms with van der Waals surface area (Å²) < 4.78 is 15.8. The standard InChI is InChI=1S/C15H23N3O5/c1-16-13(19)8-17-9-14(20)18-7-10-5-11(21-2)15(23-4)12(6-10)22-3/h5-6,17H,7-9H2,1-4H3,(H,16,19)(H,18,20). The van der Waals surface area contributed by atoms with Crippen LogP contribution in [0.15, 0.2) is 12.1 Å². The molecule has 8 nitrogen and oxygen atoms in total. The van der Waals surface area contributed by atoms with Crippen LogP contribution >= 0.6 is 0 Å². The molecule has 0 fully saturated rings. The third kappa shape index (κ3) is 5.67. The van der Waals surface area contributed by atoms with Gasteiger partial charge in [-0.05, 0) is 17.7 Å². The average Bonchev–Trinajstić information content (AvgIpc) is 2.58. The quantitative estimate of drug-likeness (QED) is 0.575. The molecule has 1 rings (SSSR count). The van der Waals surface area contributed by atoms with Crippen molar-refractivity contribution in [3.63, 3.8) is 0 Å². The van der Waals surface area contributed by atoms with Crippen LogP contribution in [-0.4, -0.2) is 53.3 Å². The Morgan fingerprint density at radius 3 is 2.00 bits per heavy atom. The van der Waals surface area contributed by atoms with Crippen molar-refractivity contribution in [3.8, 4) is 17.2 Å². The number of ether oxygens (including phenoxy) is 3. The molecule has 1 aromatic rings. The van der Waals surface area contributed by atoms with E-state index < -0.39 is 0 Å². The number of methoxy groups -OCH3 is 3. The van der Waals surface area contributed by atoms with Crippen LogP contribution in [0, 0.1) is 0 Å². The number of carbonyl (C=O) groups is 2. The molecule has 0 radical (unpaired) electrons. The summed E-state index contributed by atoms with van der Waals surface area (Å²) in [6.07, 6.45) is 0. The second-order valence-electron chi connectivity index (χ2n) is 4.59. The largest absolute Gasteiger partial charge is 0.493 e. The maximum atomic E-state index is 11.7. The molecule has 0 saturated heterocycles. The van der Waals surface area contributed by atoms with Crippen molar-refractivity contribution in [2.24, 2.45) is 0 Å². The van der Waals surface area contributed by atoms with Gasteiger partial charge in [0.25, 0.3) is 0 Å². The summed E-state index contributed by atoms with van der Waals surface area (Å²) in [6, 6.07) is 3.53. The van der Waals surface area contributed by atoms with Gasteiger partial charge in [-0.25, -0.2) is 0 Å².